The highest BCUT2D eigenvalue weighted by atomic mass is 32.3. The molecule has 0 bridgehead atoms. The zero-order valence-corrected chi connectivity index (χ0v) is 25.7. The van der Waals surface area contributed by atoms with Gasteiger partial charge in [0.2, 0.25) is 0 Å². The Hall–Kier alpha value is -0.900. The first-order valence-corrected chi connectivity index (χ1v) is 16.7. The maximum absolute atomic E-state index is 12.3. The van der Waals surface area contributed by atoms with E-state index in [0.717, 1.165) is 32.1 Å². The van der Waals surface area contributed by atoms with Gasteiger partial charge in [0, 0.05) is 13.0 Å². The van der Waals surface area contributed by atoms with Crippen LogP contribution in [0.4, 0.5) is 0 Å². The Morgan fingerprint density at radius 2 is 1.39 bits per heavy atom. The lowest BCUT2D eigenvalue weighted by Crippen LogP contribution is -2.60. The molecular weight excluding hydrogens is 560 g/mol. The van der Waals surface area contributed by atoms with Gasteiger partial charge in [-0.15, -0.1) is 0 Å². The summed E-state index contributed by atoms with van der Waals surface area (Å²) in [5.74, 6) is -0.424. The average Bonchev–Trinajstić information content (AvgIpc) is 2.92. The molecule has 0 aromatic heterocycles. The van der Waals surface area contributed by atoms with E-state index in [1.807, 2.05) is 6.92 Å². The Bertz CT molecular complexity index is 765. The minimum Gasteiger partial charge on any atom is -0.457 e. The molecule has 1 aliphatic heterocycles. The minimum absolute atomic E-state index is 0.0388. The Morgan fingerprint density at radius 1 is 0.829 bits per heavy atom. The van der Waals surface area contributed by atoms with E-state index in [2.05, 4.69) is 11.1 Å². The molecule has 12 nitrogen and oxygen atoms in total. The molecule has 1 aliphatic rings. The van der Waals surface area contributed by atoms with Crippen LogP contribution >= 0.6 is 0 Å². The standard InChI is InChI=1S/C28H54O12S/c1-3-5-7-8-9-10-11-12-13-14-16-18-36-20-22(38-24(30)17-15-6-4-2)21-37-28-26(32)27(40-41(33,34)35)25(31)23(19-29)39-28/h22-23,25-29,31-32H,3-21H2,1-2H3,(H,33,34,35). The predicted octanol–water partition coefficient (Wildman–Crippen LogP) is 3.45. The highest BCUT2D eigenvalue weighted by Gasteiger charge is 2.48. The van der Waals surface area contributed by atoms with Crippen LogP contribution in [0.3, 0.4) is 0 Å². The van der Waals surface area contributed by atoms with Gasteiger partial charge in [0.1, 0.15) is 30.5 Å². The number of ether oxygens (including phenoxy) is 4. The molecule has 4 N–H and O–H groups in total. The molecule has 0 aliphatic carbocycles. The second kappa shape index (κ2) is 22.6. The molecule has 0 aromatic rings. The second-order valence-electron chi connectivity index (χ2n) is 10.7. The number of carbonyl (C=O) groups is 1. The van der Waals surface area contributed by atoms with Gasteiger partial charge >= 0.3 is 16.4 Å². The van der Waals surface area contributed by atoms with Gasteiger partial charge in [-0.3, -0.25) is 9.35 Å². The summed E-state index contributed by atoms with van der Waals surface area (Å²) in [6.07, 6.45) is 6.86. The number of hydrogen-bond donors (Lipinski definition) is 4. The van der Waals surface area contributed by atoms with Gasteiger partial charge in [-0.05, 0) is 12.8 Å². The van der Waals surface area contributed by atoms with Crippen molar-refractivity contribution >= 4 is 16.4 Å². The third-order valence-electron chi connectivity index (χ3n) is 6.98. The molecule has 1 saturated heterocycles. The summed E-state index contributed by atoms with van der Waals surface area (Å²) in [6, 6.07) is 0. The fraction of sp³-hybridized carbons (Fsp3) is 0.964. The normalized spacial score (nSPS) is 23.9. The van der Waals surface area contributed by atoms with E-state index in [4.69, 9.17) is 23.5 Å². The first-order chi connectivity index (χ1) is 19.6. The summed E-state index contributed by atoms with van der Waals surface area (Å²) in [4.78, 5) is 12.3. The molecule has 0 radical (unpaired) electrons. The summed E-state index contributed by atoms with van der Waals surface area (Å²) in [7, 11) is -5.04. The van der Waals surface area contributed by atoms with Crippen LogP contribution in [0.2, 0.25) is 0 Å². The first kappa shape index (κ1) is 38.1. The lowest BCUT2D eigenvalue weighted by Gasteiger charge is -2.41. The highest BCUT2D eigenvalue weighted by Crippen LogP contribution is 2.26. The molecule has 0 spiro atoms. The number of aliphatic hydroxyl groups is 3. The topological polar surface area (TPSA) is 178 Å². The maximum atomic E-state index is 12.3. The monoisotopic (exact) mass is 614 g/mol. The van der Waals surface area contributed by atoms with Crippen molar-refractivity contribution in [2.75, 3.05) is 26.4 Å². The van der Waals surface area contributed by atoms with Gasteiger partial charge in [0.15, 0.2) is 6.29 Å². The van der Waals surface area contributed by atoms with Crippen molar-refractivity contribution in [2.24, 2.45) is 0 Å². The minimum atomic E-state index is -5.04. The van der Waals surface area contributed by atoms with Crippen molar-refractivity contribution in [1.29, 1.82) is 0 Å². The summed E-state index contributed by atoms with van der Waals surface area (Å²) < 4.78 is 58.0. The molecule has 0 amide bonds. The van der Waals surface area contributed by atoms with Crippen LogP contribution in [-0.2, 0) is 38.3 Å². The lowest BCUT2D eigenvalue weighted by molar-refractivity contribution is -0.301. The first-order valence-electron chi connectivity index (χ1n) is 15.3. The Balaban J connectivity index is 2.52. The number of esters is 1. The van der Waals surface area contributed by atoms with E-state index in [-0.39, 0.29) is 19.6 Å². The SMILES string of the molecule is CCCCCCCCCCCCCOCC(COC1OC(CO)C(O)C(OS(=O)(=O)O)C1O)OC(=O)CCCCC. The molecular formula is C28H54O12S. The van der Waals surface area contributed by atoms with Gasteiger partial charge in [0.05, 0.1) is 19.8 Å². The van der Waals surface area contributed by atoms with Crippen LogP contribution < -0.4 is 0 Å². The molecule has 1 rings (SSSR count). The van der Waals surface area contributed by atoms with Crippen molar-refractivity contribution in [2.45, 2.75) is 147 Å². The van der Waals surface area contributed by atoms with Gasteiger partial charge in [-0.2, -0.15) is 8.42 Å². The number of carbonyl (C=O) groups excluding carboxylic acids is 1. The zero-order valence-electron chi connectivity index (χ0n) is 24.9. The largest absolute Gasteiger partial charge is 0.457 e. The fourth-order valence-corrected chi connectivity index (χ4v) is 5.12. The molecule has 1 fully saturated rings. The van der Waals surface area contributed by atoms with Gasteiger partial charge < -0.3 is 34.3 Å². The maximum Gasteiger partial charge on any atom is 0.397 e. The smallest absolute Gasteiger partial charge is 0.397 e. The second-order valence-corrected chi connectivity index (χ2v) is 11.8. The van der Waals surface area contributed by atoms with Crippen molar-refractivity contribution in [1.82, 2.24) is 0 Å². The fourth-order valence-electron chi connectivity index (χ4n) is 4.61. The molecule has 6 unspecified atom stereocenters. The number of aliphatic hydroxyl groups excluding tert-OH is 3. The molecule has 13 heteroatoms. The van der Waals surface area contributed by atoms with E-state index in [0.29, 0.717) is 13.0 Å². The van der Waals surface area contributed by atoms with E-state index < -0.39 is 59.8 Å². The summed E-state index contributed by atoms with van der Waals surface area (Å²) in [5.41, 5.74) is 0. The van der Waals surface area contributed by atoms with E-state index in [1.54, 1.807) is 0 Å². The summed E-state index contributed by atoms with van der Waals surface area (Å²) in [5, 5.41) is 30.1. The van der Waals surface area contributed by atoms with Crippen molar-refractivity contribution < 1.29 is 56.2 Å². The summed E-state index contributed by atoms with van der Waals surface area (Å²) in [6.45, 7) is 3.75. The highest BCUT2D eigenvalue weighted by molar-refractivity contribution is 7.80. The van der Waals surface area contributed by atoms with E-state index in [1.165, 1.54) is 51.4 Å². The van der Waals surface area contributed by atoms with Gasteiger partial charge in [0.25, 0.3) is 0 Å². The molecule has 1 heterocycles. The van der Waals surface area contributed by atoms with E-state index in [9.17, 15) is 28.5 Å². The number of unbranched alkanes of at least 4 members (excludes halogenated alkanes) is 12. The summed E-state index contributed by atoms with van der Waals surface area (Å²) >= 11 is 0. The van der Waals surface area contributed by atoms with Crippen molar-refractivity contribution in [3.05, 3.63) is 0 Å². The predicted molar refractivity (Wildman–Crippen MR) is 151 cm³/mol. The third-order valence-corrected chi connectivity index (χ3v) is 7.44. The zero-order chi connectivity index (χ0) is 30.5. The van der Waals surface area contributed by atoms with E-state index >= 15 is 0 Å². The number of rotatable bonds is 25. The van der Waals surface area contributed by atoms with Crippen LogP contribution in [0.5, 0.6) is 0 Å². The van der Waals surface area contributed by atoms with Crippen LogP contribution in [0.15, 0.2) is 0 Å². The lowest BCUT2D eigenvalue weighted by atomic mass is 9.99. The Labute approximate surface area is 246 Å². The Morgan fingerprint density at radius 3 is 1.95 bits per heavy atom. The quantitative estimate of drug-likeness (QED) is 0.0670. The average molecular weight is 615 g/mol. The van der Waals surface area contributed by atoms with Crippen LogP contribution in [0, 0.1) is 0 Å². The van der Waals surface area contributed by atoms with Crippen LogP contribution in [0.25, 0.3) is 0 Å². The van der Waals surface area contributed by atoms with Gasteiger partial charge in [-0.25, -0.2) is 4.18 Å². The third kappa shape index (κ3) is 17.7. The van der Waals surface area contributed by atoms with Crippen LogP contribution in [-0.4, -0.2) is 97.5 Å². The molecule has 244 valence electrons. The molecule has 0 aromatic carbocycles. The molecule has 0 saturated carbocycles. The van der Waals surface area contributed by atoms with Crippen molar-refractivity contribution in [3.8, 4) is 0 Å². The molecule has 6 atom stereocenters. The Kier molecular flexibility index (Phi) is 21.0. The molecule has 41 heavy (non-hydrogen) atoms. The van der Waals surface area contributed by atoms with Crippen molar-refractivity contribution in [3.63, 3.8) is 0 Å². The van der Waals surface area contributed by atoms with Crippen LogP contribution in [0.1, 0.15) is 110 Å². The van der Waals surface area contributed by atoms with Gasteiger partial charge in [-0.1, -0.05) is 90.9 Å². The number of hydrogen-bond acceptors (Lipinski definition) is 11.